The molecule has 0 spiro atoms. The van der Waals surface area contributed by atoms with Crippen LogP contribution in [0.4, 0.5) is 0 Å². The van der Waals surface area contributed by atoms with E-state index >= 15 is 0 Å². The Bertz CT molecular complexity index is 170. The number of hydrogen-bond acceptors (Lipinski definition) is 2. The Labute approximate surface area is 62.9 Å². The predicted octanol–water partition coefficient (Wildman–Crippen LogP) is 1.06. The van der Waals surface area contributed by atoms with Crippen LogP contribution in [0.3, 0.4) is 0 Å². The molecule has 0 aromatic carbocycles. The van der Waals surface area contributed by atoms with Crippen LogP contribution in [0.15, 0.2) is 23.9 Å². The second-order valence-corrected chi connectivity index (χ2v) is 3.32. The molecule has 0 radical (unpaired) electrons. The highest BCUT2D eigenvalue weighted by atomic mass is 79.9. The fourth-order valence-corrected chi connectivity index (χ4v) is 0.861. The Hall–Kier alpha value is -0.280. The van der Waals surface area contributed by atoms with Gasteiger partial charge in [-0.3, -0.25) is 5.73 Å². The first-order valence-corrected chi connectivity index (χ1v) is 3.51. The standard InChI is InChI=1S/C6H9BrN2/c1-5-3-2-4-9-6(5,7)8/h2-4,9H,8H2,1H3. The molecule has 1 unspecified atom stereocenters. The molecule has 3 N–H and O–H groups in total. The van der Waals surface area contributed by atoms with Crippen molar-refractivity contribution in [1.82, 2.24) is 5.32 Å². The van der Waals surface area contributed by atoms with E-state index in [0.717, 1.165) is 5.57 Å². The number of rotatable bonds is 0. The number of allylic oxidation sites excluding steroid dienone is 2. The monoisotopic (exact) mass is 188 g/mol. The van der Waals surface area contributed by atoms with Crippen LogP contribution in [0, 0.1) is 0 Å². The smallest absolute Gasteiger partial charge is 0.165 e. The Morgan fingerprint density at radius 2 is 2.44 bits per heavy atom. The first-order chi connectivity index (χ1) is 4.13. The van der Waals surface area contributed by atoms with Crippen LogP contribution in [-0.4, -0.2) is 4.57 Å². The number of nitrogens with two attached hydrogens (primary N) is 1. The van der Waals surface area contributed by atoms with Gasteiger partial charge in [-0.15, -0.1) is 0 Å². The van der Waals surface area contributed by atoms with E-state index < -0.39 is 4.57 Å². The summed E-state index contributed by atoms with van der Waals surface area (Å²) < 4.78 is -0.526. The first-order valence-electron chi connectivity index (χ1n) is 2.72. The number of dihydropyridines is 1. The average Bonchev–Trinajstić information content (AvgIpc) is 1.77. The third kappa shape index (κ3) is 1.34. The summed E-state index contributed by atoms with van der Waals surface area (Å²) in [6.45, 7) is 1.96. The number of alkyl halides is 1. The Kier molecular flexibility index (Phi) is 1.64. The van der Waals surface area contributed by atoms with E-state index in [9.17, 15) is 0 Å². The zero-order valence-corrected chi connectivity index (χ0v) is 6.77. The summed E-state index contributed by atoms with van der Waals surface area (Å²) in [5.74, 6) is 0. The maximum atomic E-state index is 5.71. The van der Waals surface area contributed by atoms with Crippen molar-refractivity contribution in [2.24, 2.45) is 5.73 Å². The van der Waals surface area contributed by atoms with Crippen molar-refractivity contribution >= 4 is 15.9 Å². The lowest BCUT2D eigenvalue weighted by Crippen LogP contribution is -2.47. The molecule has 0 aromatic rings. The average molecular weight is 189 g/mol. The predicted molar refractivity (Wildman–Crippen MR) is 41.9 cm³/mol. The number of hydrogen-bond donors (Lipinski definition) is 2. The molecule has 0 fully saturated rings. The van der Waals surface area contributed by atoms with Crippen LogP contribution >= 0.6 is 15.9 Å². The topological polar surface area (TPSA) is 38.0 Å². The molecule has 0 bridgehead atoms. The van der Waals surface area contributed by atoms with Crippen LogP contribution < -0.4 is 11.1 Å². The fraction of sp³-hybridized carbons (Fsp3) is 0.333. The summed E-state index contributed by atoms with van der Waals surface area (Å²) >= 11 is 3.30. The van der Waals surface area contributed by atoms with Gasteiger partial charge in [-0.2, -0.15) is 0 Å². The highest BCUT2D eigenvalue weighted by Gasteiger charge is 2.21. The summed E-state index contributed by atoms with van der Waals surface area (Å²) in [7, 11) is 0. The van der Waals surface area contributed by atoms with Gasteiger partial charge in [-0.05, 0) is 40.7 Å². The van der Waals surface area contributed by atoms with Gasteiger partial charge in [0.2, 0.25) is 0 Å². The van der Waals surface area contributed by atoms with Gasteiger partial charge in [-0.25, -0.2) is 0 Å². The molecular formula is C6H9BrN2. The van der Waals surface area contributed by atoms with Crippen LogP contribution in [0.2, 0.25) is 0 Å². The highest BCUT2D eigenvalue weighted by molar-refractivity contribution is 9.10. The van der Waals surface area contributed by atoms with Crippen LogP contribution in [0.5, 0.6) is 0 Å². The third-order valence-corrected chi connectivity index (χ3v) is 2.16. The normalized spacial score (nSPS) is 33.4. The molecule has 50 valence electrons. The van der Waals surface area contributed by atoms with E-state index in [0.29, 0.717) is 0 Å². The van der Waals surface area contributed by atoms with E-state index in [1.807, 2.05) is 25.3 Å². The molecule has 1 aliphatic heterocycles. The minimum Gasteiger partial charge on any atom is -0.361 e. The van der Waals surface area contributed by atoms with Gasteiger partial charge in [0.1, 0.15) is 0 Å². The van der Waals surface area contributed by atoms with Crippen LogP contribution in [0.1, 0.15) is 6.92 Å². The van der Waals surface area contributed by atoms with Crippen molar-refractivity contribution in [1.29, 1.82) is 0 Å². The van der Waals surface area contributed by atoms with Gasteiger partial charge in [0.05, 0.1) is 0 Å². The third-order valence-electron chi connectivity index (χ3n) is 1.31. The quantitative estimate of drug-likeness (QED) is 0.441. The van der Waals surface area contributed by atoms with E-state index in [1.165, 1.54) is 0 Å². The Morgan fingerprint density at radius 3 is 2.78 bits per heavy atom. The van der Waals surface area contributed by atoms with Gasteiger partial charge in [0, 0.05) is 0 Å². The lowest BCUT2D eigenvalue weighted by molar-refractivity contribution is 0.642. The Balaban J connectivity index is 2.83. The van der Waals surface area contributed by atoms with Crippen molar-refractivity contribution in [2.75, 3.05) is 0 Å². The molecule has 0 aliphatic carbocycles. The lowest BCUT2D eigenvalue weighted by Gasteiger charge is -2.25. The molecule has 1 aliphatic rings. The molecule has 1 rings (SSSR count). The molecule has 0 amide bonds. The van der Waals surface area contributed by atoms with Crippen molar-refractivity contribution in [2.45, 2.75) is 11.5 Å². The molecule has 1 atom stereocenters. The second-order valence-electron chi connectivity index (χ2n) is 2.06. The molecule has 9 heavy (non-hydrogen) atoms. The van der Waals surface area contributed by atoms with Gasteiger partial charge in [-0.1, -0.05) is 6.08 Å². The SMILES string of the molecule is CC1=CC=CNC1(N)Br. The molecule has 0 aromatic heterocycles. The largest absolute Gasteiger partial charge is 0.361 e. The van der Waals surface area contributed by atoms with Gasteiger partial charge < -0.3 is 5.32 Å². The fourth-order valence-electron chi connectivity index (χ4n) is 0.597. The van der Waals surface area contributed by atoms with E-state index in [1.54, 1.807) is 0 Å². The molecular weight excluding hydrogens is 180 g/mol. The maximum Gasteiger partial charge on any atom is 0.165 e. The summed E-state index contributed by atoms with van der Waals surface area (Å²) in [4.78, 5) is 0. The summed E-state index contributed by atoms with van der Waals surface area (Å²) in [5, 5.41) is 2.95. The zero-order valence-electron chi connectivity index (χ0n) is 5.19. The first kappa shape index (κ1) is 6.83. The number of nitrogens with one attached hydrogen (secondary N) is 1. The molecule has 1 heterocycles. The molecule has 0 saturated carbocycles. The van der Waals surface area contributed by atoms with Crippen molar-refractivity contribution in [3.63, 3.8) is 0 Å². The number of halogens is 1. The molecule has 2 nitrogen and oxygen atoms in total. The van der Waals surface area contributed by atoms with Crippen molar-refractivity contribution < 1.29 is 0 Å². The second kappa shape index (κ2) is 2.15. The van der Waals surface area contributed by atoms with Crippen LogP contribution in [0.25, 0.3) is 0 Å². The minimum absolute atomic E-state index is 0.526. The van der Waals surface area contributed by atoms with Crippen molar-refractivity contribution in [3.8, 4) is 0 Å². The summed E-state index contributed by atoms with van der Waals surface area (Å²) in [6, 6.07) is 0. The van der Waals surface area contributed by atoms with Crippen molar-refractivity contribution in [3.05, 3.63) is 23.9 Å². The van der Waals surface area contributed by atoms with Crippen LogP contribution in [-0.2, 0) is 0 Å². The van der Waals surface area contributed by atoms with Gasteiger partial charge in [0.15, 0.2) is 4.57 Å². The zero-order chi connectivity index (χ0) is 6.91. The lowest BCUT2D eigenvalue weighted by atomic mass is 10.2. The Morgan fingerprint density at radius 1 is 1.78 bits per heavy atom. The maximum absolute atomic E-state index is 5.71. The summed E-state index contributed by atoms with van der Waals surface area (Å²) in [6.07, 6.45) is 5.69. The van der Waals surface area contributed by atoms with Gasteiger partial charge >= 0.3 is 0 Å². The molecule has 3 heteroatoms. The minimum atomic E-state index is -0.526. The summed E-state index contributed by atoms with van der Waals surface area (Å²) in [5.41, 5.74) is 6.78. The van der Waals surface area contributed by atoms with E-state index in [4.69, 9.17) is 5.73 Å². The van der Waals surface area contributed by atoms with E-state index in [-0.39, 0.29) is 0 Å². The molecule has 0 saturated heterocycles. The van der Waals surface area contributed by atoms with Gasteiger partial charge in [0.25, 0.3) is 0 Å². The van der Waals surface area contributed by atoms with E-state index in [2.05, 4.69) is 21.2 Å². The highest BCUT2D eigenvalue weighted by Crippen LogP contribution is 2.19.